The van der Waals surface area contributed by atoms with E-state index in [1.54, 1.807) is 0 Å². The van der Waals surface area contributed by atoms with Gasteiger partial charge in [-0.2, -0.15) is 0 Å². The normalized spacial score (nSPS) is 27.2. The van der Waals surface area contributed by atoms with Gasteiger partial charge in [-0.25, -0.2) is 13.7 Å². The molecule has 0 bridgehead atoms. The SMILES string of the molecule is O=C1[C@H]2C[C@H]2C(=O)N1c1cc(F)cc(F)c1. The van der Waals surface area contributed by atoms with Crippen molar-refractivity contribution < 1.29 is 18.4 Å². The summed E-state index contributed by atoms with van der Waals surface area (Å²) in [6.07, 6.45) is 0.575. The molecule has 5 heteroatoms. The molecular weight excluding hydrogens is 216 g/mol. The molecule has 1 saturated heterocycles. The molecule has 2 amide bonds. The van der Waals surface area contributed by atoms with Crippen LogP contribution in [0.4, 0.5) is 14.5 Å². The molecule has 0 N–H and O–H groups in total. The van der Waals surface area contributed by atoms with Crippen LogP contribution in [0.3, 0.4) is 0 Å². The molecule has 0 unspecified atom stereocenters. The first kappa shape index (κ1) is 9.45. The average molecular weight is 223 g/mol. The summed E-state index contributed by atoms with van der Waals surface area (Å²) in [6, 6.07) is 2.68. The summed E-state index contributed by atoms with van der Waals surface area (Å²) in [7, 11) is 0. The molecule has 0 spiro atoms. The van der Waals surface area contributed by atoms with Gasteiger partial charge in [-0.05, 0) is 18.6 Å². The number of nitrogens with zero attached hydrogens (tertiary/aromatic N) is 1. The second-order valence-electron chi connectivity index (χ2n) is 4.09. The highest BCUT2D eigenvalue weighted by atomic mass is 19.1. The van der Waals surface area contributed by atoms with Crippen molar-refractivity contribution in [2.75, 3.05) is 4.90 Å². The number of imide groups is 1. The van der Waals surface area contributed by atoms with Gasteiger partial charge in [0.05, 0.1) is 17.5 Å². The van der Waals surface area contributed by atoms with Crippen LogP contribution in [0.2, 0.25) is 0 Å². The first-order chi connectivity index (χ1) is 7.58. The van der Waals surface area contributed by atoms with E-state index in [0.29, 0.717) is 12.5 Å². The van der Waals surface area contributed by atoms with Crippen molar-refractivity contribution >= 4 is 17.5 Å². The molecule has 16 heavy (non-hydrogen) atoms. The van der Waals surface area contributed by atoms with Gasteiger partial charge in [0, 0.05) is 6.07 Å². The molecule has 1 aromatic carbocycles. The molecule has 82 valence electrons. The number of hydrogen-bond donors (Lipinski definition) is 0. The lowest BCUT2D eigenvalue weighted by Crippen LogP contribution is -2.32. The van der Waals surface area contributed by atoms with Crippen molar-refractivity contribution in [3.63, 3.8) is 0 Å². The van der Waals surface area contributed by atoms with Crippen LogP contribution in [0, 0.1) is 23.5 Å². The summed E-state index contributed by atoms with van der Waals surface area (Å²) in [5.41, 5.74) is -0.0142. The lowest BCUT2D eigenvalue weighted by atomic mass is 10.2. The van der Waals surface area contributed by atoms with Gasteiger partial charge in [-0.1, -0.05) is 0 Å². The largest absolute Gasteiger partial charge is 0.274 e. The first-order valence-corrected chi connectivity index (χ1v) is 4.92. The minimum atomic E-state index is -0.795. The van der Waals surface area contributed by atoms with Crippen LogP contribution in [0.5, 0.6) is 0 Å². The quantitative estimate of drug-likeness (QED) is 0.676. The Morgan fingerprint density at radius 3 is 2.00 bits per heavy atom. The van der Waals surface area contributed by atoms with Crippen molar-refractivity contribution in [2.24, 2.45) is 11.8 Å². The van der Waals surface area contributed by atoms with E-state index in [1.807, 2.05) is 0 Å². The fraction of sp³-hybridized carbons (Fsp3) is 0.273. The highest BCUT2D eigenvalue weighted by Crippen LogP contribution is 2.48. The summed E-state index contributed by atoms with van der Waals surface area (Å²) in [5, 5.41) is 0. The Morgan fingerprint density at radius 2 is 1.50 bits per heavy atom. The summed E-state index contributed by atoms with van der Waals surface area (Å²) < 4.78 is 25.9. The Balaban J connectivity index is 2.04. The van der Waals surface area contributed by atoms with Gasteiger partial charge in [-0.15, -0.1) is 0 Å². The molecule has 0 radical (unpaired) electrons. The minimum Gasteiger partial charge on any atom is -0.274 e. The Hall–Kier alpha value is -1.78. The van der Waals surface area contributed by atoms with Gasteiger partial charge in [0.25, 0.3) is 0 Å². The molecule has 1 aliphatic carbocycles. The lowest BCUT2D eigenvalue weighted by Gasteiger charge is -2.16. The zero-order valence-electron chi connectivity index (χ0n) is 8.11. The van der Waals surface area contributed by atoms with E-state index in [2.05, 4.69) is 0 Å². The molecule has 3 rings (SSSR count). The van der Waals surface area contributed by atoms with Crippen molar-refractivity contribution in [2.45, 2.75) is 6.42 Å². The third-order valence-electron chi connectivity index (χ3n) is 2.97. The standard InChI is InChI=1S/C11H7F2NO2/c12-5-1-6(13)3-7(2-5)14-10(15)8-4-9(8)11(14)16/h1-3,8-9H,4H2/t8-,9+. The van der Waals surface area contributed by atoms with Gasteiger partial charge < -0.3 is 0 Å². The maximum Gasteiger partial charge on any atom is 0.237 e. The molecule has 3 nitrogen and oxygen atoms in total. The Kier molecular flexibility index (Phi) is 1.70. The maximum atomic E-state index is 13.0. The number of anilines is 1. The topological polar surface area (TPSA) is 37.4 Å². The molecule has 0 aromatic heterocycles. The molecule has 2 atom stereocenters. The number of rotatable bonds is 1. The third-order valence-corrected chi connectivity index (χ3v) is 2.97. The van der Waals surface area contributed by atoms with E-state index in [-0.39, 0.29) is 29.3 Å². The molecule has 2 aliphatic rings. The third kappa shape index (κ3) is 1.17. The molecule has 1 heterocycles. The molecular formula is C11H7F2NO2. The molecule has 2 fully saturated rings. The van der Waals surface area contributed by atoms with Gasteiger partial charge in [0.15, 0.2) is 0 Å². The van der Waals surface area contributed by atoms with Gasteiger partial charge in [-0.3, -0.25) is 9.59 Å². The maximum absolute atomic E-state index is 13.0. The Morgan fingerprint density at radius 1 is 1.00 bits per heavy atom. The Labute approximate surface area is 89.7 Å². The predicted molar refractivity (Wildman–Crippen MR) is 50.4 cm³/mol. The fourth-order valence-electron chi connectivity index (χ4n) is 2.10. The van der Waals surface area contributed by atoms with Gasteiger partial charge in [0.1, 0.15) is 11.6 Å². The average Bonchev–Trinajstić information content (AvgIpc) is 2.90. The Bertz CT molecular complexity index is 474. The number of carbonyl (C=O) groups excluding carboxylic acids is 2. The summed E-state index contributed by atoms with van der Waals surface area (Å²) in [6.45, 7) is 0. The van der Waals surface area contributed by atoms with Crippen LogP contribution in [-0.2, 0) is 9.59 Å². The summed E-state index contributed by atoms with van der Waals surface area (Å²) in [4.78, 5) is 24.2. The number of hydrogen-bond acceptors (Lipinski definition) is 2. The van der Waals surface area contributed by atoms with Crippen molar-refractivity contribution in [1.29, 1.82) is 0 Å². The predicted octanol–water partition coefficient (Wildman–Crippen LogP) is 1.47. The number of benzene rings is 1. The van der Waals surface area contributed by atoms with E-state index >= 15 is 0 Å². The second kappa shape index (κ2) is 2.87. The summed E-state index contributed by atoms with van der Waals surface area (Å²) >= 11 is 0. The highest BCUT2D eigenvalue weighted by molar-refractivity contribution is 6.24. The molecule has 1 aromatic rings. The lowest BCUT2D eigenvalue weighted by molar-refractivity contribution is -0.123. The number of amides is 2. The smallest absolute Gasteiger partial charge is 0.237 e. The van der Waals surface area contributed by atoms with Gasteiger partial charge >= 0.3 is 0 Å². The molecule has 1 aliphatic heterocycles. The highest BCUT2D eigenvalue weighted by Gasteiger charge is 2.59. The van der Waals surface area contributed by atoms with Crippen molar-refractivity contribution in [1.82, 2.24) is 0 Å². The van der Waals surface area contributed by atoms with E-state index < -0.39 is 11.6 Å². The number of carbonyl (C=O) groups is 2. The van der Waals surface area contributed by atoms with Crippen LogP contribution in [0.1, 0.15) is 6.42 Å². The zero-order chi connectivity index (χ0) is 11.4. The number of piperidine rings is 1. The van der Waals surface area contributed by atoms with Crippen molar-refractivity contribution in [3.8, 4) is 0 Å². The first-order valence-electron chi connectivity index (χ1n) is 4.92. The van der Waals surface area contributed by atoms with Crippen LogP contribution >= 0.6 is 0 Å². The second-order valence-corrected chi connectivity index (χ2v) is 4.09. The zero-order valence-corrected chi connectivity index (χ0v) is 8.11. The van der Waals surface area contributed by atoms with E-state index in [1.165, 1.54) is 0 Å². The van der Waals surface area contributed by atoms with E-state index in [0.717, 1.165) is 17.0 Å². The summed E-state index contributed by atoms with van der Waals surface area (Å²) in [5.74, 6) is -2.81. The monoisotopic (exact) mass is 223 g/mol. The van der Waals surface area contributed by atoms with Gasteiger partial charge in [0.2, 0.25) is 11.8 Å². The van der Waals surface area contributed by atoms with Crippen LogP contribution in [-0.4, -0.2) is 11.8 Å². The van der Waals surface area contributed by atoms with Crippen molar-refractivity contribution in [3.05, 3.63) is 29.8 Å². The van der Waals surface area contributed by atoms with Crippen LogP contribution in [0.25, 0.3) is 0 Å². The van der Waals surface area contributed by atoms with Crippen LogP contribution in [0.15, 0.2) is 18.2 Å². The fourth-order valence-corrected chi connectivity index (χ4v) is 2.10. The van der Waals surface area contributed by atoms with E-state index in [9.17, 15) is 18.4 Å². The number of halogens is 2. The van der Waals surface area contributed by atoms with Crippen LogP contribution < -0.4 is 4.90 Å². The van der Waals surface area contributed by atoms with E-state index in [4.69, 9.17) is 0 Å². The number of fused-ring (bicyclic) bond motifs is 1. The minimum absolute atomic E-state index is 0.0142. The molecule has 1 saturated carbocycles.